The zero-order chi connectivity index (χ0) is 13.7. The van der Waals surface area contributed by atoms with E-state index in [0.717, 1.165) is 11.1 Å². The van der Waals surface area contributed by atoms with Crippen LogP contribution in [0, 0.1) is 0 Å². The monoisotopic (exact) mass is 252 g/mol. The normalized spacial score (nSPS) is 12.4. The minimum Gasteiger partial charge on any atom is -0.508 e. The van der Waals surface area contributed by atoms with Crippen LogP contribution in [0.5, 0.6) is 11.5 Å². The van der Waals surface area contributed by atoms with Gasteiger partial charge in [0, 0.05) is 5.92 Å². The highest BCUT2D eigenvalue weighted by Gasteiger charge is 2.03. The van der Waals surface area contributed by atoms with E-state index >= 15 is 0 Å². The van der Waals surface area contributed by atoms with Gasteiger partial charge in [-0.3, -0.25) is 0 Å². The van der Waals surface area contributed by atoms with Crippen LogP contribution in [0.15, 0.2) is 67.3 Å². The molecule has 96 valence electrons. The molecule has 2 heteroatoms. The fourth-order valence-electron chi connectivity index (χ4n) is 1.82. The maximum Gasteiger partial charge on any atom is 0.115 e. The Morgan fingerprint density at radius 3 is 1.89 bits per heavy atom. The Labute approximate surface area is 113 Å². The standard InChI is InChI=1S/C17H16O2/c1-2-14(15-7-11-17(19)12-8-15)6-3-13-4-9-16(18)10-5-13/h2-12,14,18-19H,1H2/b6-3-/t14-/m1/s1. The van der Waals surface area contributed by atoms with E-state index in [9.17, 15) is 10.2 Å². The molecule has 0 amide bonds. The van der Waals surface area contributed by atoms with Gasteiger partial charge in [-0.05, 0) is 35.4 Å². The van der Waals surface area contributed by atoms with Crippen molar-refractivity contribution in [3.8, 4) is 11.5 Å². The molecule has 0 saturated carbocycles. The molecule has 19 heavy (non-hydrogen) atoms. The highest BCUT2D eigenvalue weighted by molar-refractivity contribution is 5.52. The number of benzene rings is 2. The molecule has 0 aliphatic heterocycles. The molecule has 0 aliphatic rings. The van der Waals surface area contributed by atoms with E-state index in [2.05, 4.69) is 6.58 Å². The Morgan fingerprint density at radius 1 is 0.842 bits per heavy atom. The topological polar surface area (TPSA) is 40.5 Å². The maximum atomic E-state index is 9.28. The van der Waals surface area contributed by atoms with Crippen LogP contribution in [0.3, 0.4) is 0 Å². The van der Waals surface area contributed by atoms with Crippen LogP contribution >= 0.6 is 0 Å². The minimum absolute atomic E-state index is 0.0920. The molecule has 0 heterocycles. The molecule has 2 rings (SSSR count). The number of phenols is 2. The molecule has 0 spiro atoms. The Hall–Kier alpha value is -2.48. The lowest BCUT2D eigenvalue weighted by atomic mass is 9.98. The number of hydrogen-bond acceptors (Lipinski definition) is 2. The first-order valence-corrected chi connectivity index (χ1v) is 6.08. The molecular weight excluding hydrogens is 236 g/mol. The molecule has 2 aromatic carbocycles. The SMILES string of the molecule is C=C[C@H](/C=C\c1ccc(O)cc1)c1ccc(O)cc1. The van der Waals surface area contributed by atoms with Gasteiger partial charge in [0.2, 0.25) is 0 Å². The summed E-state index contributed by atoms with van der Waals surface area (Å²) >= 11 is 0. The van der Waals surface area contributed by atoms with Crippen molar-refractivity contribution in [2.24, 2.45) is 0 Å². The molecule has 0 saturated heterocycles. The largest absolute Gasteiger partial charge is 0.508 e. The van der Waals surface area contributed by atoms with Crippen LogP contribution in [0.1, 0.15) is 17.0 Å². The van der Waals surface area contributed by atoms with Gasteiger partial charge < -0.3 is 10.2 Å². The van der Waals surface area contributed by atoms with Crippen molar-refractivity contribution >= 4 is 6.08 Å². The first kappa shape index (κ1) is 13.0. The minimum atomic E-state index is 0.0920. The van der Waals surface area contributed by atoms with E-state index in [-0.39, 0.29) is 17.4 Å². The molecular formula is C17H16O2. The van der Waals surface area contributed by atoms with Crippen molar-refractivity contribution in [2.45, 2.75) is 5.92 Å². The number of hydrogen-bond donors (Lipinski definition) is 2. The molecule has 0 aliphatic carbocycles. The number of aromatic hydroxyl groups is 2. The van der Waals surface area contributed by atoms with E-state index < -0.39 is 0 Å². The number of allylic oxidation sites excluding steroid dienone is 2. The first-order chi connectivity index (χ1) is 9.19. The third-order valence-corrected chi connectivity index (χ3v) is 2.92. The van der Waals surface area contributed by atoms with E-state index in [1.807, 2.05) is 42.5 Å². The summed E-state index contributed by atoms with van der Waals surface area (Å²) in [5, 5.41) is 18.5. The maximum absolute atomic E-state index is 9.28. The van der Waals surface area contributed by atoms with Crippen LogP contribution in [-0.2, 0) is 0 Å². The summed E-state index contributed by atoms with van der Waals surface area (Å²) in [6.45, 7) is 3.83. The fourth-order valence-corrected chi connectivity index (χ4v) is 1.82. The van der Waals surface area contributed by atoms with Gasteiger partial charge in [-0.1, -0.05) is 42.5 Å². The van der Waals surface area contributed by atoms with Gasteiger partial charge in [0.1, 0.15) is 11.5 Å². The van der Waals surface area contributed by atoms with Crippen molar-refractivity contribution in [3.63, 3.8) is 0 Å². The predicted octanol–water partition coefficient (Wildman–Crippen LogP) is 4.08. The van der Waals surface area contributed by atoms with Crippen LogP contribution in [0.4, 0.5) is 0 Å². The molecule has 0 unspecified atom stereocenters. The van der Waals surface area contributed by atoms with Gasteiger partial charge in [0.15, 0.2) is 0 Å². The van der Waals surface area contributed by atoms with Gasteiger partial charge in [-0.2, -0.15) is 0 Å². The summed E-state index contributed by atoms with van der Waals surface area (Å²) in [5.74, 6) is 0.611. The smallest absolute Gasteiger partial charge is 0.115 e. The Balaban J connectivity index is 2.17. The molecule has 1 atom stereocenters. The van der Waals surface area contributed by atoms with Crippen molar-refractivity contribution in [2.75, 3.05) is 0 Å². The molecule has 2 aromatic rings. The Morgan fingerprint density at radius 2 is 1.37 bits per heavy atom. The zero-order valence-electron chi connectivity index (χ0n) is 10.5. The van der Waals surface area contributed by atoms with Crippen LogP contribution < -0.4 is 0 Å². The quantitative estimate of drug-likeness (QED) is 0.805. The zero-order valence-corrected chi connectivity index (χ0v) is 10.5. The van der Waals surface area contributed by atoms with Crippen LogP contribution in [-0.4, -0.2) is 10.2 Å². The van der Waals surface area contributed by atoms with Gasteiger partial charge in [0.05, 0.1) is 0 Å². The van der Waals surface area contributed by atoms with Gasteiger partial charge in [-0.15, -0.1) is 6.58 Å². The lowest BCUT2D eigenvalue weighted by molar-refractivity contribution is 0.474. The van der Waals surface area contributed by atoms with Crippen LogP contribution in [0.25, 0.3) is 6.08 Å². The fraction of sp³-hybridized carbons (Fsp3) is 0.0588. The van der Waals surface area contributed by atoms with Crippen molar-refractivity contribution in [1.82, 2.24) is 0 Å². The number of phenolic OH excluding ortho intramolecular Hbond substituents is 2. The van der Waals surface area contributed by atoms with E-state index in [4.69, 9.17) is 0 Å². The second-order valence-electron chi connectivity index (χ2n) is 4.30. The summed E-state index contributed by atoms with van der Waals surface area (Å²) in [5.41, 5.74) is 2.09. The van der Waals surface area contributed by atoms with Crippen molar-refractivity contribution < 1.29 is 10.2 Å². The summed E-state index contributed by atoms with van der Waals surface area (Å²) in [4.78, 5) is 0. The molecule has 0 fully saturated rings. The van der Waals surface area contributed by atoms with Crippen molar-refractivity contribution in [1.29, 1.82) is 0 Å². The average molecular weight is 252 g/mol. The summed E-state index contributed by atoms with van der Waals surface area (Å²) in [6.07, 6.45) is 5.87. The van der Waals surface area contributed by atoms with E-state index in [0.29, 0.717) is 0 Å². The summed E-state index contributed by atoms with van der Waals surface area (Å²) < 4.78 is 0. The lowest BCUT2D eigenvalue weighted by Gasteiger charge is -2.08. The molecule has 2 nitrogen and oxygen atoms in total. The van der Waals surface area contributed by atoms with Crippen molar-refractivity contribution in [3.05, 3.63) is 78.4 Å². The van der Waals surface area contributed by atoms with Crippen LogP contribution in [0.2, 0.25) is 0 Å². The third-order valence-electron chi connectivity index (χ3n) is 2.92. The average Bonchev–Trinajstić information content (AvgIpc) is 2.43. The molecule has 0 bridgehead atoms. The predicted molar refractivity (Wildman–Crippen MR) is 78.2 cm³/mol. The first-order valence-electron chi connectivity index (χ1n) is 6.08. The Kier molecular flexibility index (Phi) is 4.04. The van der Waals surface area contributed by atoms with Gasteiger partial charge in [-0.25, -0.2) is 0 Å². The number of rotatable bonds is 4. The molecule has 0 radical (unpaired) electrons. The summed E-state index contributed by atoms with van der Waals surface area (Å²) in [7, 11) is 0. The highest BCUT2D eigenvalue weighted by Crippen LogP contribution is 2.22. The highest BCUT2D eigenvalue weighted by atomic mass is 16.3. The molecule has 0 aromatic heterocycles. The van der Waals surface area contributed by atoms with E-state index in [1.54, 1.807) is 24.3 Å². The van der Waals surface area contributed by atoms with Gasteiger partial charge in [0.25, 0.3) is 0 Å². The third kappa shape index (κ3) is 3.49. The van der Waals surface area contributed by atoms with E-state index in [1.165, 1.54) is 0 Å². The second kappa shape index (κ2) is 5.91. The Bertz CT molecular complexity index is 565. The summed E-state index contributed by atoms with van der Waals surface area (Å²) in [6, 6.07) is 14.1. The second-order valence-corrected chi connectivity index (χ2v) is 4.30. The molecule has 2 N–H and O–H groups in total. The van der Waals surface area contributed by atoms with Gasteiger partial charge >= 0.3 is 0 Å². The lowest BCUT2D eigenvalue weighted by Crippen LogP contribution is -1.89.